The second kappa shape index (κ2) is 7.09. The van der Waals surface area contributed by atoms with Crippen LogP contribution in [0, 0.1) is 13.8 Å². The Morgan fingerprint density at radius 2 is 1.54 bits per heavy atom. The number of rotatable bonds is 4. The second-order valence-electron chi connectivity index (χ2n) is 5.88. The maximum atomic E-state index is 6.01. The van der Waals surface area contributed by atoms with E-state index in [1.807, 2.05) is 38.1 Å². The number of aryl methyl sites for hydroxylation is 2. The molecule has 0 saturated carbocycles. The van der Waals surface area contributed by atoms with Crippen LogP contribution in [0.3, 0.4) is 0 Å². The first-order chi connectivity index (χ1) is 12.3. The van der Waals surface area contributed by atoms with Crippen molar-refractivity contribution in [3.63, 3.8) is 0 Å². The molecule has 0 amide bonds. The molecule has 2 aromatic carbocycles. The molecule has 3 rings (SSSR count). The number of anilines is 5. The predicted molar refractivity (Wildman–Crippen MR) is 109 cm³/mol. The quantitative estimate of drug-likeness (QED) is 0.472. The molecule has 1 aromatic heterocycles. The lowest BCUT2D eigenvalue weighted by Crippen LogP contribution is -2.04. The molecule has 0 aliphatic carbocycles. The zero-order chi connectivity index (χ0) is 18.8. The normalized spacial score (nSPS) is 10.6. The summed E-state index contributed by atoms with van der Waals surface area (Å²) in [6.07, 6.45) is 0. The fraction of sp³-hybridized carbons (Fsp3) is 0.111. The molecule has 7 N–H and O–H groups in total. The van der Waals surface area contributed by atoms with Crippen LogP contribution < -0.4 is 27.3 Å². The van der Waals surface area contributed by atoms with Crippen LogP contribution in [0.15, 0.2) is 40.9 Å². The molecule has 0 atom stereocenters. The van der Waals surface area contributed by atoms with Crippen LogP contribution in [0.4, 0.5) is 28.8 Å². The molecular formula is C18H19BrN6O. The molecule has 7 nitrogen and oxygen atoms in total. The van der Waals surface area contributed by atoms with E-state index in [4.69, 9.17) is 21.9 Å². The fourth-order valence-corrected chi connectivity index (χ4v) is 2.76. The third kappa shape index (κ3) is 3.80. The van der Waals surface area contributed by atoms with Gasteiger partial charge < -0.3 is 27.3 Å². The molecular weight excluding hydrogens is 396 g/mol. The Morgan fingerprint density at radius 3 is 2.15 bits per heavy atom. The maximum Gasteiger partial charge on any atom is 0.240 e. The molecule has 0 radical (unpaired) electrons. The predicted octanol–water partition coefficient (Wildman–Crippen LogP) is 4.14. The number of benzene rings is 2. The van der Waals surface area contributed by atoms with Crippen LogP contribution in [-0.4, -0.2) is 9.97 Å². The molecule has 0 saturated heterocycles. The smallest absolute Gasteiger partial charge is 0.240 e. The third-order valence-electron chi connectivity index (χ3n) is 3.69. The minimum Gasteiger partial charge on any atom is -0.437 e. The van der Waals surface area contributed by atoms with Gasteiger partial charge in [0.05, 0.1) is 0 Å². The van der Waals surface area contributed by atoms with Gasteiger partial charge in [-0.3, -0.25) is 0 Å². The molecule has 26 heavy (non-hydrogen) atoms. The van der Waals surface area contributed by atoms with Crippen LogP contribution in [0.1, 0.15) is 11.1 Å². The summed E-state index contributed by atoms with van der Waals surface area (Å²) in [5.74, 6) is 1.57. The molecule has 0 aliphatic heterocycles. The lowest BCUT2D eigenvalue weighted by atomic mass is 10.1. The van der Waals surface area contributed by atoms with E-state index < -0.39 is 0 Å². The molecule has 0 aliphatic rings. The summed E-state index contributed by atoms with van der Waals surface area (Å²) in [6.45, 7) is 3.84. The van der Waals surface area contributed by atoms with Gasteiger partial charge in [0.15, 0.2) is 0 Å². The van der Waals surface area contributed by atoms with E-state index in [2.05, 4.69) is 31.2 Å². The number of hydrogen-bond donors (Lipinski definition) is 4. The Morgan fingerprint density at radius 1 is 0.923 bits per heavy atom. The van der Waals surface area contributed by atoms with Gasteiger partial charge in [-0.2, -0.15) is 9.97 Å². The molecule has 8 heteroatoms. The zero-order valence-corrected chi connectivity index (χ0v) is 16.0. The van der Waals surface area contributed by atoms with Crippen molar-refractivity contribution in [3.8, 4) is 11.6 Å². The first-order valence-corrected chi connectivity index (χ1v) is 8.63. The number of ether oxygens (including phenoxy) is 1. The Bertz CT molecular complexity index is 936. The van der Waals surface area contributed by atoms with Crippen molar-refractivity contribution in [1.82, 2.24) is 9.97 Å². The minimum atomic E-state index is 0.263. The summed E-state index contributed by atoms with van der Waals surface area (Å²) in [5, 5.41) is 3.09. The molecule has 134 valence electrons. The summed E-state index contributed by atoms with van der Waals surface area (Å²) in [4.78, 5) is 8.65. The molecule has 3 aromatic rings. The van der Waals surface area contributed by atoms with Crippen molar-refractivity contribution in [1.29, 1.82) is 0 Å². The Kier molecular flexibility index (Phi) is 4.85. The average Bonchev–Trinajstić information content (AvgIpc) is 2.57. The van der Waals surface area contributed by atoms with Gasteiger partial charge in [-0.1, -0.05) is 0 Å². The number of nitrogens with two attached hydrogens (primary N) is 3. The number of aromatic nitrogens is 2. The highest BCUT2D eigenvalue weighted by molar-refractivity contribution is 9.10. The van der Waals surface area contributed by atoms with E-state index in [0.717, 1.165) is 16.8 Å². The number of nitrogens with zero attached hydrogens (tertiary/aromatic N) is 2. The first-order valence-electron chi connectivity index (χ1n) is 7.83. The van der Waals surface area contributed by atoms with E-state index in [9.17, 15) is 0 Å². The van der Waals surface area contributed by atoms with Crippen LogP contribution >= 0.6 is 15.9 Å². The SMILES string of the molecule is Cc1cc(N)cc(C)c1Oc1nc(Nc2ccc(N)cc2)nc(N)c1Br. The summed E-state index contributed by atoms with van der Waals surface area (Å²) in [6, 6.07) is 10.9. The molecule has 0 bridgehead atoms. The van der Waals surface area contributed by atoms with Crippen LogP contribution in [0.5, 0.6) is 11.6 Å². The van der Waals surface area contributed by atoms with Gasteiger partial charge in [0, 0.05) is 17.1 Å². The monoisotopic (exact) mass is 414 g/mol. The van der Waals surface area contributed by atoms with Gasteiger partial charge in [0.1, 0.15) is 16.0 Å². The summed E-state index contributed by atoms with van der Waals surface area (Å²) >= 11 is 3.39. The van der Waals surface area contributed by atoms with E-state index in [0.29, 0.717) is 33.4 Å². The Hall–Kier alpha value is -3.00. The standard InChI is InChI=1S/C18H19BrN6O/c1-9-7-12(21)8-10(2)15(9)26-17-14(19)16(22)24-18(25-17)23-13-5-3-11(20)4-6-13/h3-8H,20-21H2,1-2H3,(H3,22,23,24,25). The third-order valence-corrected chi connectivity index (χ3v) is 4.44. The van der Waals surface area contributed by atoms with Crippen LogP contribution in [0.25, 0.3) is 0 Å². The highest BCUT2D eigenvalue weighted by Crippen LogP contribution is 2.36. The van der Waals surface area contributed by atoms with E-state index in [1.165, 1.54) is 0 Å². The van der Waals surface area contributed by atoms with Gasteiger partial charge in [-0.15, -0.1) is 0 Å². The van der Waals surface area contributed by atoms with E-state index in [1.54, 1.807) is 12.1 Å². The summed E-state index contributed by atoms with van der Waals surface area (Å²) < 4.78 is 6.49. The highest BCUT2D eigenvalue weighted by Gasteiger charge is 2.15. The van der Waals surface area contributed by atoms with Crippen molar-refractivity contribution in [2.75, 3.05) is 22.5 Å². The van der Waals surface area contributed by atoms with Crippen LogP contribution in [-0.2, 0) is 0 Å². The fourth-order valence-electron chi connectivity index (χ4n) is 2.50. The maximum absolute atomic E-state index is 6.01. The lowest BCUT2D eigenvalue weighted by Gasteiger charge is -2.15. The lowest BCUT2D eigenvalue weighted by molar-refractivity contribution is 0.453. The largest absolute Gasteiger partial charge is 0.437 e. The van der Waals surface area contributed by atoms with Gasteiger partial charge in [0.25, 0.3) is 0 Å². The van der Waals surface area contributed by atoms with Crippen molar-refractivity contribution in [2.24, 2.45) is 0 Å². The van der Waals surface area contributed by atoms with Gasteiger partial charge in [0.2, 0.25) is 11.8 Å². The van der Waals surface area contributed by atoms with Gasteiger partial charge >= 0.3 is 0 Å². The van der Waals surface area contributed by atoms with Crippen molar-refractivity contribution < 1.29 is 4.74 Å². The van der Waals surface area contributed by atoms with Crippen molar-refractivity contribution in [3.05, 3.63) is 52.0 Å². The van der Waals surface area contributed by atoms with E-state index in [-0.39, 0.29) is 5.82 Å². The molecule has 0 spiro atoms. The summed E-state index contributed by atoms with van der Waals surface area (Å²) in [5.41, 5.74) is 21.5. The van der Waals surface area contributed by atoms with Crippen molar-refractivity contribution >= 4 is 44.8 Å². The molecule has 0 unspecified atom stereocenters. The summed E-state index contributed by atoms with van der Waals surface area (Å²) in [7, 11) is 0. The van der Waals surface area contributed by atoms with Crippen molar-refractivity contribution in [2.45, 2.75) is 13.8 Å². The number of nitrogens with one attached hydrogen (secondary N) is 1. The topological polar surface area (TPSA) is 125 Å². The van der Waals surface area contributed by atoms with E-state index >= 15 is 0 Å². The highest BCUT2D eigenvalue weighted by atomic mass is 79.9. The van der Waals surface area contributed by atoms with Gasteiger partial charge in [-0.05, 0) is 77.3 Å². The average molecular weight is 415 g/mol. The zero-order valence-electron chi connectivity index (χ0n) is 14.4. The minimum absolute atomic E-state index is 0.263. The van der Waals surface area contributed by atoms with Crippen LogP contribution in [0.2, 0.25) is 0 Å². The number of halogens is 1. The Labute approximate surface area is 159 Å². The molecule has 0 fully saturated rings. The number of nitrogen functional groups attached to an aromatic ring is 3. The first kappa shape index (κ1) is 17.8. The second-order valence-corrected chi connectivity index (χ2v) is 6.68. The Balaban J connectivity index is 1.95. The van der Waals surface area contributed by atoms with Gasteiger partial charge in [-0.25, -0.2) is 0 Å². The number of hydrogen-bond acceptors (Lipinski definition) is 7. The molecule has 1 heterocycles.